The molecule has 2 N–H and O–H groups in total. The number of hydrogen-bond acceptors (Lipinski definition) is 7. The maximum absolute atomic E-state index is 12.9. The van der Waals surface area contributed by atoms with Gasteiger partial charge in [0.05, 0.1) is 17.9 Å². The number of carboxylic acid groups (broad SMARTS) is 1. The second-order valence-electron chi connectivity index (χ2n) is 7.21. The summed E-state index contributed by atoms with van der Waals surface area (Å²) < 4.78 is 11.4. The van der Waals surface area contributed by atoms with E-state index < -0.39 is 18.0 Å². The van der Waals surface area contributed by atoms with Crippen molar-refractivity contribution >= 4 is 52.2 Å². The van der Waals surface area contributed by atoms with Gasteiger partial charge >= 0.3 is 5.97 Å². The van der Waals surface area contributed by atoms with Gasteiger partial charge in [0.1, 0.15) is 0 Å². The number of carboxylic acids is 1. The van der Waals surface area contributed by atoms with Crippen LogP contribution in [0.25, 0.3) is 6.08 Å². The molecule has 2 amide bonds. The molecule has 10 heteroatoms. The molecule has 2 aromatic rings. The molecule has 1 aliphatic rings. The number of amides is 2. The van der Waals surface area contributed by atoms with Crippen LogP contribution in [-0.4, -0.2) is 44.9 Å². The molecule has 0 radical (unpaired) electrons. The number of carbonyl (C=O) groups is 3. The lowest BCUT2D eigenvalue weighted by Gasteiger charge is -2.17. The lowest BCUT2D eigenvalue weighted by Crippen LogP contribution is -2.45. The molecule has 0 aromatic heterocycles. The van der Waals surface area contributed by atoms with E-state index in [1.807, 2.05) is 30.3 Å². The third kappa shape index (κ3) is 6.36. The minimum atomic E-state index is -1.06. The molecule has 8 nitrogen and oxygen atoms in total. The Morgan fingerprint density at radius 3 is 2.56 bits per heavy atom. The second-order valence-corrected chi connectivity index (χ2v) is 8.88. The molecule has 2 aromatic carbocycles. The first kappa shape index (κ1) is 25.3. The number of carbonyl (C=O) groups excluding carboxylic acids is 2. The Morgan fingerprint density at radius 2 is 1.91 bits per heavy atom. The number of nitrogens with one attached hydrogen (secondary N) is 1. The molecule has 1 aliphatic heterocycles. The van der Waals surface area contributed by atoms with Crippen molar-refractivity contribution in [1.82, 2.24) is 10.4 Å². The van der Waals surface area contributed by atoms with Crippen LogP contribution in [0.5, 0.6) is 11.5 Å². The van der Waals surface area contributed by atoms with E-state index in [0.717, 1.165) is 22.3 Å². The highest BCUT2D eigenvalue weighted by atomic mass is 32.2. The summed E-state index contributed by atoms with van der Waals surface area (Å²) in [5.74, 6) is -1.19. The van der Waals surface area contributed by atoms with Gasteiger partial charge in [0.2, 0.25) is 5.91 Å². The zero-order chi connectivity index (χ0) is 24.7. The van der Waals surface area contributed by atoms with E-state index in [0.29, 0.717) is 35.0 Å². The molecule has 1 saturated heterocycles. The van der Waals surface area contributed by atoms with Gasteiger partial charge in [-0.3, -0.25) is 15.0 Å². The van der Waals surface area contributed by atoms with Crippen LogP contribution in [0, 0.1) is 0 Å². The summed E-state index contributed by atoms with van der Waals surface area (Å²) in [5.41, 5.74) is 4.02. The highest BCUT2D eigenvalue weighted by Gasteiger charge is 2.33. The summed E-state index contributed by atoms with van der Waals surface area (Å²) in [5, 5.41) is 10.3. The summed E-state index contributed by atoms with van der Waals surface area (Å²) in [7, 11) is 0. The average Bonchev–Trinajstić information content (AvgIpc) is 3.06. The smallest absolute Gasteiger partial charge is 0.344 e. The molecule has 0 saturated carbocycles. The average molecular weight is 501 g/mol. The zero-order valence-electron chi connectivity index (χ0n) is 18.6. The van der Waals surface area contributed by atoms with E-state index in [1.54, 1.807) is 38.1 Å². The summed E-state index contributed by atoms with van der Waals surface area (Å²) in [4.78, 5) is 36.9. The van der Waals surface area contributed by atoms with Crippen LogP contribution in [0.4, 0.5) is 0 Å². The molecule has 3 rings (SSSR count). The number of rotatable bonds is 10. The van der Waals surface area contributed by atoms with Gasteiger partial charge in [0, 0.05) is 0 Å². The Hall–Kier alpha value is -3.37. The van der Waals surface area contributed by atoms with Crippen molar-refractivity contribution in [3.8, 4) is 11.5 Å². The van der Waals surface area contributed by atoms with E-state index in [2.05, 4.69) is 5.43 Å². The van der Waals surface area contributed by atoms with Gasteiger partial charge in [-0.2, -0.15) is 5.01 Å². The molecular weight excluding hydrogens is 476 g/mol. The van der Waals surface area contributed by atoms with Gasteiger partial charge in [-0.05, 0) is 54.9 Å². The molecule has 1 atom stereocenters. The summed E-state index contributed by atoms with van der Waals surface area (Å²) in [6.07, 6.45) is 1.04. The fraction of sp³-hybridized carbons (Fsp3) is 0.250. The normalized spacial score (nSPS) is 15.4. The minimum Gasteiger partial charge on any atom is -0.490 e. The highest BCUT2D eigenvalue weighted by molar-refractivity contribution is 8.26. The predicted molar refractivity (Wildman–Crippen MR) is 133 cm³/mol. The number of thioether (sulfide) groups is 1. The Kier molecular flexibility index (Phi) is 8.67. The SMILES string of the molecule is CCOc1cc(/C=C2/SC(=S)N(NC(=O)Cc3ccccc3)C2=O)ccc1OC(CC)C(=O)O. The van der Waals surface area contributed by atoms with E-state index >= 15 is 0 Å². The number of hydrazine groups is 1. The van der Waals surface area contributed by atoms with E-state index in [9.17, 15) is 19.5 Å². The van der Waals surface area contributed by atoms with Gasteiger partial charge in [-0.25, -0.2) is 4.79 Å². The van der Waals surface area contributed by atoms with Crippen LogP contribution in [0.2, 0.25) is 0 Å². The van der Waals surface area contributed by atoms with E-state index in [4.69, 9.17) is 21.7 Å². The van der Waals surface area contributed by atoms with Crippen LogP contribution < -0.4 is 14.9 Å². The fourth-order valence-electron chi connectivity index (χ4n) is 3.10. The maximum Gasteiger partial charge on any atom is 0.344 e. The standard InChI is InChI=1S/C24H24N2O6S2/c1-3-17(23(29)30)32-18-11-10-16(12-19(18)31-4-2)13-20-22(28)26(24(33)34-20)25-21(27)14-15-8-6-5-7-9-15/h5-13,17H,3-4,14H2,1-2H3,(H,25,27)(H,29,30)/b20-13+. The maximum atomic E-state index is 12.9. The number of benzene rings is 2. The van der Waals surface area contributed by atoms with Gasteiger partial charge < -0.3 is 14.6 Å². The number of ether oxygens (including phenoxy) is 2. The van der Waals surface area contributed by atoms with Gasteiger partial charge in [0.25, 0.3) is 5.91 Å². The molecule has 1 fully saturated rings. The van der Waals surface area contributed by atoms with Crippen molar-refractivity contribution in [3.63, 3.8) is 0 Å². The van der Waals surface area contributed by atoms with Crippen molar-refractivity contribution in [1.29, 1.82) is 0 Å². The van der Waals surface area contributed by atoms with Crippen LogP contribution in [0.3, 0.4) is 0 Å². The monoisotopic (exact) mass is 500 g/mol. The third-order valence-corrected chi connectivity index (χ3v) is 6.02. The van der Waals surface area contributed by atoms with Crippen LogP contribution in [-0.2, 0) is 20.8 Å². The summed E-state index contributed by atoms with van der Waals surface area (Å²) in [6.45, 7) is 3.86. The summed E-state index contributed by atoms with van der Waals surface area (Å²) >= 11 is 6.35. The topological polar surface area (TPSA) is 105 Å². The summed E-state index contributed by atoms with van der Waals surface area (Å²) in [6, 6.07) is 14.1. The first-order valence-corrected chi connectivity index (χ1v) is 11.8. The largest absolute Gasteiger partial charge is 0.490 e. The number of nitrogens with zero attached hydrogens (tertiary/aromatic N) is 1. The molecule has 178 valence electrons. The number of aliphatic carboxylic acids is 1. The van der Waals surface area contributed by atoms with Gasteiger partial charge in [-0.15, -0.1) is 0 Å². The molecule has 34 heavy (non-hydrogen) atoms. The van der Waals surface area contributed by atoms with Crippen molar-refractivity contribution < 1.29 is 29.0 Å². The lowest BCUT2D eigenvalue weighted by atomic mass is 10.1. The third-order valence-electron chi connectivity index (χ3n) is 4.72. The molecule has 1 unspecified atom stereocenters. The zero-order valence-corrected chi connectivity index (χ0v) is 20.3. The van der Waals surface area contributed by atoms with Gasteiger partial charge in [0.15, 0.2) is 21.9 Å². The van der Waals surface area contributed by atoms with E-state index in [1.165, 1.54) is 0 Å². The Bertz CT molecular complexity index is 1120. The van der Waals surface area contributed by atoms with Crippen LogP contribution >= 0.6 is 24.0 Å². The Morgan fingerprint density at radius 1 is 1.18 bits per heavy atom. The Balaban J connectivity index is 1.75. The molecule has 0 spiro atoms. The van der Waals surface area contributed by atoms with Crippen LogP contribution in [0.1, 0.15) is 31.4 Å². The quantitative estimate of drug-likeness (QED) is 0.375. The molecule has 0 bridgehead atoms. The first-order valence-electron chi connectivity index (χ1n) is 10.6. The number of thiocarbonyl (C=S) groups is 1. The molecule has 1 heterocycles. The van der Waals surface area contributed by atoms with Crippen molar-refractivity contribution in [2.24, 2.45) is 0 Å². The number of hydrogen-bond donors (Lipinski definition) is 2. The van der Waals surface area contributed by atoms with Crippen molar-refractivity contribution in [2.45, 2.75) is 32.8 Å². The minimum absolute atomic E-state index is 0.116. The molecule has 0 aliphatic carbocycles. The lowest BCUT2D eigenvalue weighted by molar-refractivity contribution is -0.145. The Labute approximate surface area is 206 Å². The van der Waals surface area contributed by atoms with E-state index in [-0.39, 0.29) is 16.6 Å². The molecular formula is C24H24N2O6S2. The van der Waals surface area contributed by atoms with Crippen molar-refractivity contribution in [2.75, 3.05) is 6.61 Å². The van der Waals surface area contributed by atoms with Gasteiger partial charge in [-0.1, -0.05) is 55.1 Å². The highest BCUT2D eigenvalue weighted by Crippen LogP contribution is 2.34. The second kappa shape index (κ2) is 11.7. The fourth-order valence-corrected chi connectivity index (χ4v) is 4.28. The predicted octanol–water partition coefficient (Wildman–Crippen LogP) is 3.80. The van der Waals surface area contributed by atoms with Crippen molar-refractivity contribution in [3.05, 3.63) is 64.6 Å². The first-order chi connectivity index (χ1) is 16.3. The van der Waals surface area contributed by atoms with Crippen LogP contribution in [0.15, 0.2) is 53.4 Å².